The zero-order valence-electron chi connectivity index (χ0n) is 16.0. The molecular weight excluding hydrogens is 330 g/mol. The second-order valence-electron chi connectivity index (χ2n) is 7.10. The van der Waals surface area contributed by atoms with Crippen molar-refractivity contribution in [3.05, 3.63) is 35.9 Å². The van der Waals surface area contributed by atoms with Crippen molar-refractivity contribution in [2.24, 2.45) is 5.92 Å². The van der Waals surface area contributed by atoms with E-state index in [1.54, 1.807) is 11.8 Å². The van der Waals surface area contributed by atoms with Gasteiger partial charge in [-0.25, -0.2) is 9.59 Å². The lowest BCUT2D eigenvalue weighted by Gasteiger charge is -2.33. The van der Waals surface area contributed by atoms with Crippen molar-refractivity contribution in [1.29, 1.82) is 0 Å². The first-order valence-electron chi connectivity index (χ1n) is 9.52. The Labute approximate surface area is 156 Å². The van der Waals surface area contributed by atoms with E-state index < -0.39 is 6.09 Å². The minimum absolute atomic E-state index is 0.0523. The summed E-state index contributed by atoms with van der Waals surface area (Å²) in [6, 6.07) is 10.2. The topological polar surface area (TPSA) is 70.7 Å². The van der Waals surface area contributed by atoms with Crippen LogP contribution in [0.25, 0.3) is 0 Å². The molecule has 0 spiro atoms. The van der Waals surface area contributed by atoms with Crippen LogP contribution in [0.4, 0.5) is 9.59 Å². The number of ether oxygens (including phenoxy) is 1. The highest BCUT2D eigenvalue weighted by atomic mass is 16.5. The van der Waals surface area contributed by atoms with E-state index in [1.165, 1.54) is 5.56 Å². The fourth-order valence-corrected chi connectivity index (χ4v) is 3.37. The molecule has 1 aliphatic heterocycles. The Kier molecular flexibility index (Phi) is 7.75. The normalized spacial score (nSPS) is 18.3. The summed E-state index contributed by atoms with van der Waals surface area (Å²) in [6.07, 6.45) is 1.32. The molecule has 1 aromatic carbocycles. The second-order valence-corrected chi connectivity index (χ2v) is 7.10. The third-order valence-corrected chi connectivity index (χ3v) is 4.81. The molecule has 2 atom stereocenters. The van der Waals surface area contributed by atoms with Crippen LogP contribution in [0, 0.1) is 5.92 Å². The molecule has 2 N–H and O–H groups in total. The first-order valence-corrected chi connectivity index (χ1v) is 9.52. The summed E-state index contributed by atoms with van der Waals surface area (Å²) in [6.45, 7) is 8.30. The molecule has 0 aliphatic carbocycles. The van der Waals surface area contributed by atoms with Crippen molar-refractivity contribution < 1.29 is 14.3 Å². The highest BCUT2D eigenvalue weighted by Gasteiger charge is 2.26. The molecule has 1 fully saturated rings. The summed E-state index contributed by atoms with van der Waals surface area (Å²) in [7, 11) is 0. The van der Waals surface area contributed by atoms with Gasteiger partial charge in [0.15, 0.2) is 0 Å². The van der Waals surface area contributed by atoms with Crippen molar-refractivity contribution >= 4 is 12.1 Å². The fraction of sp³-hybridized carbons (Fsp3) is 0.600. The van der Waals surface area contributed by atoms with Crippen LogP contribution in [0.2, 0.25) is 0 Å². The van der Waals surface area contributed by atoms with Crippen molar-refractivity contribution in [3.63, 3.8) is 0 Å². The summed E-state index contributed by atoms with van der Waals surface area (Å²) in [5, 5.41) is 5.91. The third kappa shape index (κ3) is 5.93. The van der Waals surface area contributed by atoms with E-state index in [-0.39, 0.29) is 18.0 Å². The number of piperidine rings is 1. The molecule has 2 rings (SSSR count). The Morgan fingerprint density at radius 2 is 2.00 bits per heavy atom. The molecule has 1 aliphatic rings. The van der Waals surface area contributed by atoms with Gasteiger partial charge < -0.3 is 20.3 Å². The molecule has 0 radical (unpaired) electrons. The highest BCUT2D eigenvalue weighted by molar-refractivity contribution is 5.74. The molecule has 144 valence electrons. The molecule has 0 saturated carbocycles. The predicted molar refractivity (Wildman–Crippen MR) is 102 cm³/mol. The number of hydrogen-bond acceptors (Lipinski definition) is 3. The maximum atomic E-state index is 12.6. The van der Waals surface area contributed by atoms with E-state index in [9.17, 15) is 9.59 Å². The number of benzene rings is 1. The Bertz CT molecular complexity index is 577. The first-order chi connectivity index (χ1) is 12.5. The lowest BCUT2D eigenvalue weighted by Crippen LogP contribution is -2.52. The summed E-state index contributed by atoms with van der Waals surface area (Å²) >= 11 is 0. The average molecular weight is 361 g/mol. The lowest BCUT2D eigenvalue weighted by atomic mass is 9.88. The largest absolute Gasteiger partial charge is 0.450 e. The van der Waals surface area contributed by atoms with Crippen LogP contribution >= 0.6 is 0 Å². The Balaban J connectivity index is 1.87. The van der Waals surface area contributed by atoms with Crippen LogP contribution < -0.4 is 10.6 Å². The molecule has 3 amide bonds. The third-order valence-electron chi connectivity index (χ3n) is 4.81. The van der Waals surface area contributed by atoms with Crippen LogP contribution in [0.15, 0.2) is 30.3 Å². The number of alkyl carbamates (subject to hydrolysis) is 1. The van der Waals surface area contributed by atoms with E-state index >= 15 is 0 Å². The summed E-state index contributed by atoms with van der Waals surface area (Å²) < 4.78 is 4.93. The number of nitrogens with zero attached hydrogens (tertiary/aromatic N) is 1. The van der Waals surface area contributed by atoms with Gasteiger partial charge in [0.25, 0.3) is 0 Å². The van der Waals surface area contributed by atoms with E-state index in [0.717, 1.165) is 12.8 Å². The molecule has 26 heavy (non-hydrogen) atoms. The first kappa shape index (κ1) is 20.1. The van der Waals surface area contributed by atoms with E-state index in [2.05, 4.69) is 36.6 Å². The monoisotopic (exact) mass is 361 g/mol. The van der Waals surface area contributed by atoms with Crippen molar-refractivity contribution in [1.82, 2.24) is 15.5 Å². The number of hydrogen-bond donors (Lipinski definition) is 2. The molecule has 6 nitrogen and oxygen atoms in total. The van der Waals surface area contributed by atoms with Crippen molar-refractivity contribution in [2.75, 3.05) is 26.2 Å². The number of amides is 3. The quantitative estimate of drug-likeness (QED) is 0.816. The molecule has 1 aromatic rings. The van der Waals surface area contributed by atoms with Crippen LogP contribution in [-0.2, 0) is 4.74 Å². The standard InChI is InChI=1S/C20H31N3O3/c1-4-26-20(25)22-17-11-8-12-23(14-17)19(24)21-13-18(15(2)3)16-9-6-5-7-10-16/h5-7,9-10,15,17-18H,4,8,11-14H2,1-3H3,(H,21,24)(H,22,25)/t17-,18+/m0/s1. The Morgan fingerprint density at radius 3 is 2.65 bits per heavy atom. The van der Waals surface area contributed by atoms with E-state index in [4.69, 9.17) is 4.74 Å². The number of likely N-dealkylation sites (tertiary alicyclic amines) is 1. The van der Waals surface area contributed by atoms with Crippen LogP contribution in [-0.4, -0.2) is 49.3 Å². The van der Waals surface area contributed by atoms with Gasteiger partial charge in [-0.15, -0.1) is 0 Å². The highest BCUT2D eigenvalue weighted by Crippen LogP contribution is 2.23. The maximum absolute atomic E-state index is 12.6. The Morgan fingerprint density at radius 1 is 1.27 bits per heavy atom. The molecule has 1 heterocycles. The van der Waals surface area contributed by atoms with E-state index in [1.807, 2.05) is 18.2 Å². The van der Waals surface area contributed by atoms with Gasteiger partial charge in [0.05, 0.1) is 6.61 Å². The van der Waals surface area contributed by atoms with Gasteiger partial charge in [0.1, 0.15) is 0 Å². The second kappa shape index (κ2) is 10.0. The minimum atomic E-state index is -0.413. The number of carbonyl (C=O) groups excluding carboxylic acids is 2. The fourth-order valence-electron chi connectivity index (χ4n) is 3.37. The summed E-state index contributed by atoms with van der Waals surface area (Å²) in [5.74, 6) is 0.704. The maximum Gasteiger partial charge on any atom is 0.407 e. The van der Waals surface area contributed by atoms with Crippen LogP contribution in [0.3, 0.4) is 0 Å². The van der Waals surface area contributed by atoms with Gasteiger partial charge in [0, 0.05) is 31.6 Å². The molecule has 0 bridgehead atoms. The van der Waals surface area contributed by atoms with Gasteiger partial charge in [-0.05, 0) is 31.2 Å². The predicted octanol–water partition coefficient (Wildman–Crippen LogP) is 3.35. The number of urea groups is 1. The van der Waals surface area contributed by atoms with Gasteiger partial charge in [0.2, 0.25) is 0 Å². The summed E-state index contributed by atoms with van der Waals surface area (Å²) in [5.41, 5.74) is 1.24. The average Bonchev–Trinajstić information content (AvgIpc) is 2.62. The number of nitrogens with one attached hydrogen (secondary N) is 2. The van der Waals surface area contributed by atoms with Gasteiger partial charge in [-0.2, -0.15) is 0 Å². The van der Waals surface area contributed by atoms with Crippen molar-refractivity contribution in [2.45, 2.75) is 45.6 Å². The molecule has 1 saturated heterocycles. The molecule has 0 aromatic heterocycles. The lowest BCUT2D eigenvalue weighted by molar-refractivity contribution is 0.135. The Hall–Kier alpha value is -2.24. The molecule has 6 heteroatoms. The SMILES string of the molecule is CCOC(=O)N[C@H]1CCCN(C(=O)NC[C@@H](c2ccccc2)C(C)C)C1. The number of carbonyl (C=O) groups is 2. The molecule has 0 unspecified atom stereocenters. The van der Waals surface area contributed by atoms with Gasteiger partial charge in [-0.1, -0.05) is 44.2 Å². The van der Waals surface area contributed by atoms with E-state index in [0.29, 0.717) is 32.2 Å². The number of rotatable bonds is 6. The van der Waals surface area contributed by atoms with Crippen LogP contribution in [0.5, 0.6) is 0 Å². The smallest absolute Gasteiger partial charge is 0.407 e. The minimum Gasteiger partial charge on any atom is -0.450 e. The zero-order valence-corrected chi connectivity index (χ0v) is 16.0. The van der Waals surface area contributed by atoms with Crippen LogP contribution in [0.1, 0.15) is 45.1 Å². The molecular formula is C20H31N3O3. The van der Waals surface area contributed by atoms with Crippen molar-refractivity contribution in [3.8, 4) is 0 Å². The van der Waals surface area contributed by atoms with Gasteiger partial charge in [-0.3, -0.25) is 0 Å². The zero-order chi connectivity index (χ0) is 18.9. The summed E-state index contributed by atoms with van der Waals surface area (Å²) in [4.78, 5) is 25.9. The van der Waals surface area contributed by atoms with Gasteiger partial charge >= 0.3 is 12.1 Å².